The molecular weight excluding hydrogens is 342 g/mol. The fraction of sp³-hybridized carbons (Fsp3) is 0.412. The summed E-state index contributed by atoms with van der Waals surface area (Å²) in [6, 6.07) is 6.10. The number of methoxy groups -OCH3 is 1. The molecule has 9 heteroatoms. The monoisotopic (exact) mass is 363 g/mol. The average Bonchev–Trinajstić information content (AvgIpc) is 2.77. The minimum atomic E-state index is -1.12. The molecule has 0 spiro atoms. The standard InChI is InChI=1S/C17H21N3O6/c1-10(14(22)18-11-7-5-6-8-12(11)25-4)26-13(21)9-20-15(23)17(2,3)19-16(20)24/h5-8,10H,9H2,1-4H3,(H,18,22)(H,19,24)/t10-/m0/s1. The molecule has 1 fully saturated rings. The lowest BCUT2D eigenvalue weighted by Crippen LogP contribution is -2.42. The van der Waals surface area contributed by atoms with Crippen LogP contribution >= 0.6 is 0 Å². The van der Waals surface area contributed by atoms with Crippen LogP contribution in [0, 0.1) is 0 Å². The van der Waals surface area contributed by atoms with E-state index in [2.05, 4.69) is 10.6 Å². The summed E-state index contributed by atoms with van der Waals surface area (Å²) in [6.45, 7) is 3.88. The Balaban J connectivity index is 1.93. The Morgan fingerprint density at radius 3 is 2.50 bits per heavy atom. The third-order valence-electron chi connectivity index (χ3n) is 3.77. The second-order valence-electron chi connectivity index (χ2n) is 6.27. The molecule has 1 atom stereocenters. The number of nitrogens with one attached hydrogen (secondary N) is 2. The lowest BCUT2D eigenvalue weighted by molar-refractivity contribution is -0.155. The van der Waals surface area contributed by atoms with Crippen LogP contribution in [0.25, 0.3) is 0 Å². The maximum atomic E-state index is 12.2. The predicted octanol–water partition coefficient (Wildman–Crippen LogP) is 0.896. The molecule has 0 aromatic heterocycles. The van der Waals surface area contributed by atoms with Crippen molar-refractivity contribution >= 4 is 29.5 Å². The summed E-state index contributed by atoms with van der Waals surface area (Å²) in [4.78, 5) is 48.7. The summed E-state index contributed by atoms with van der Waals surface area (Å²) in [5.74, 6) is -1.51. The van der Waals surface area contributed by atoms with Gasteiger partial charge in [-0.25, -0.2) is 4.79 Å². The summed E-state index contributed by atoms with van der Waals surface area (Å²) in [5, 5.41) is 5.05. The van der Waals surface area contributed by atoms with Crippen LogP contribution in [0.15, 0.2) is 24.3 Å². The van der Waals surface area contributed by atoms with E-state index >= 15 is 0 Å². The van der Waals surface area contributed by atoms with Crippen LogP contribution in [0.5, 0.6) is 5.75 Å². The molecule has 0 bridgehead atoms. The van der Waals surface area contributed by atoms with Gasteiger partial charge in [0.05, 0.1) is 12.8 Å². The molecule has 2 N–H and O–H groups in total. The van der Waals surface area contributed by atoms with E-state index in [9.17, 15) is 19.2 Å². The van der Waals surface area contributed by atoms with Gasteiger partial charge >= 0.3 is 12.0 Å². The van der Waals surface area contributed by atoms with Crippen molar-refractivity contribution in [2.75, 3.05) is 19.0 Å². The second kappa shape index (κ2) is 7.42. The maximum Gasteiger partial charge on any atom is 0.327 e. The fourth-order valence-electron chi connectivity index (χ4n) is 2.36. The lowest BCUT2D eigenvalue weighted by atomic mass is 10.1. The molecule has 1 saturated heterocycles. The van der Waals surface area contributed by atoms with Crippen LogP contribution in [-0.4, -0.2) is 54.0 Å². The van der Waals surface area contributed by atoms with E-state index in [0.29, 0.717) is 11.4 Å². The first-order chi connectivity index (χ1) is 12.2. The highest BCUT2D eigenvalue weighted by atomic mass is 16.5. The second-order valence-corrected chi connectivity index (χ2v) is 6.27. The highest BCUT2D eigenvalue weighted by Crippen LogP contribution is 2.23. The first-order valence-electron chi connectivity index (χ1n) is 7.93. The normalized spacial score (nSPS) is 16.7. The van der Waals surface area contributed by atoms with Gasteiger partial charge in [-0.3, -0.25) is 19.3 Å². The quantitative estimate of drug-likeness (QED) is 0.573. The molecule has 9 nitrogen and oxygen atoms in total. The number of ether oxygens (including phenoxy) is 2. The van der Waals surface area contributed by atoms with Gasteiger partial charge < -0.3 is 20.1 Å². The van der Waals surface area contributed by atoms with Gasteiger partial charge in [0.15, 0.2) is 6.10 Å². The topological polar surface area (TPSA) is 114 Å². The summed E-state index contributed by atoms with van der Waals surface area (Å²) < 4.78 is 10.1. The maximum absolute atomic E-state index is 12.2. The van der Waals surface area contributed by atoms with Gasteiger partial charge in [0, 0.05) is 0 Å². The van der Waals surface area contributed by atoms with Gasteiger partial charge in [-0.15, -0.1) is 0 Å². The first kappa shape index (κ1) is 19.2. The SMILES string of the molecule is COc1ccccc1NC(=O)[C@H](C)OC(=O)CN1C(=O)NC(C)(C)C1=O. The van der Waals surface area contributed by atoms with Crippen molar-refractivity contribution in [1.82, 2.24) is 10.2 Å². The first-order valence-corrected chi connectivity index (χ1v) is 7.93. The van der Waals surface area contributed by atoms with Crippen LogP contribution in [-0.2, 0) is 19.1 Å². The van der Waals surface area contributed by atoms with E-state index in [4.69, 9.17) is 9.47 Å². The number of para-hydroxylation sites is 2. The lowest BCUT2D eigenvalue weighted by Gasteiger charge is -2.18. The molecule has 1 aliphatic rings. The van der Waals surface area contributed by atoms with Gasteiger partial charge in [-0.1, -0.05) is 12.1 Å². The summed E-state index contributed by atoms with van der Waals surface area (Å²) in [5.41, 5.74) is -0.650. The van der Waals surface area contributed by atoms with Crippen LogP contribution in [0.3, 0.4) is 0 Å². The molecule has 0 unspecified atom stereocenters. The highest BCUT2D eigenvalue weighted by molar-refractivity contribution is 6.08. The van der Waals surface area contributed by atoms with E-state index in [1.54, 1.807) is 24.3 Å². The Hall–Kier alpha value is -3.10. The number of carbonyl (C=O) groups excluding carboxylic acids is 4. The summed E-state index contributed by atoms with van der Waals surface area (Å²) >= 11 is 0. The van der Waals surface area contributed by atoms with Crippen LogP contribution in [0.4, 0.5) is 10.5 Å². The number of nitrogens with zero attached hydrogens (tertiary/aromatic N) is 1. The average molecular weight is 363 g/mol. The molecule has 1 aliphatic heterocycles. The highest BCUT2D eigenvalue weighted by Gasteiger charge is 2.45. The zero-order valence-electron chi connectivity index (χ0n) is 15.0. The van der Waals surface area contributed by atoms with Crippen molar-refractivity contribution in [3.05, 3.63) is 24.3 Å². The molecule has 1 aromatic rings. The Kier molecular flexibility index (Phi) is 5.49. The number of hydrogen-bond acceptors (Lipinski definition) is 6. The largest absolute Gasteiger partial charge is 0.495 e. The van der Waals surface area contributed by atoms with Crippen LogP contribution < -0.4 is 15.4 Å². The van der Waals surface area contributed by atoms with E-state index in [1.165, 1.54) is 27.9 Å². The van der Waals surface area contributed by atoms with Crippen LogP contribution in [0.1, 0.15) is 20.8 Å². The minimum Gasteiger partial charge on any atom is -0.495 e. The molecule has 140 valence electrons. The third kappa shape index (κ3) is 4.11. The number of benzene rings is 1. The van der Waals surface area contributed by atoms with Gasteiger partial charge in [0.1, 0.15) is 17.8 Å². The molecule has 1 aromatic carbocycles. The van der Waals surface area contributed by atoms with E-state index in [0.717, 1.165) is 4.90 Å². The number of hydrogen-bond donors (Lipinski definition) is 2. The minimum absolute atomic E-state index is 0.429. The van der Waals surface area contributed by atoms with Crippen molar-refractivity contribution in [3.63, 3.8) is 0 Å². The van der Waals surface area contributed by atoms with Crippen molar-refractivity contribution in [1.29, 1.82) is 0 Å². The fourth-order valence-corrected chi connectivity index (χ4v) is 2.36. The molecule has 26 heavy (non-hydrogen) atoms. The van der Waals surface area contributed by atoms with E-state index in [-0.39, 0.29) is 0 Å². The summed E-state index contributed by atoms with van der Waals surface area (Å²) in [6.07, 6.45) is -1.12. The molecule has 2 rings (SSSR count). The van der Waals surface area contributed by atoms with Crippen molar-refractivity contribution < 1.29 is 28.7 Å². The van der Waals surface area contributed by atoms with Gasteiger partial charge in [0.2, 0.25) is 0 Å². The van der Waals surface area contributed by atoms with E-state index in [1.807, 2.05) is 0 Å². The van der Waals surface area contributed by atoms with E-state index < -0.39 is 42.0 Å². The van der Waals surface area contributed by atoms with Crippen molar-refractivity contribution in [3.8, 4) is 5.75 Å². The zero-order chi connectivity index (χ0) is 19.5. The number of esters is 1. The molecular formula is C17H21N3O6. The number of carbonyl (C=O) groups is 4. The van der Waals surface area contributed by atoms with Crippen LogP contribution in [0.2, 0.25) is 0 Å². The molecule has 0 aliphatic carbocycles. The number of urea groups is 1. The zero-order valence-corrected chi connectivity index (χ0v) is 15.0. The third-order valence-corrected chi connectivity index (χ3v) is 3.77. The smallest absolute Gasteiger partial charge is 0.327 e. The number of anilines is 1. The number of rotatable bonds is 6. The molecule has 1 heterocycles. The van der Waals surface area contributed by atoms with Gasteiger partial charge in [-0.05, 0) is 32.9 Å². The number of imide groups is 1. The Morgan fingerprint density at radius 1 is 1.27 bits per heavy atom. The van der Waals surface area contributed by atoms with Gasteiger partial charge in [-0.2, -0.15) is 0 Å². The molecule has 0 saturated carbocycles. The van der Waals surface area contributed by atoms with Crippen molar-refractivity contribution in [2.24, 2.45) is 0 Å². The molecule has 0 radical (unpaired) electrons. The predicted molar refractivity (Wildman–Crippen MR) is 91.5 cm³/mol. The Morgan fingerprint density at radius 2 is 1.92 bits per heavy atom. The summed E-state index contributed by atoms with van der Waals surface area (Å²) in [7, 11) is 1.47. The Labute approximate surface area is 150 Å². The number of amides is 4. The van der Waals surface area contributed by atoms with Crippen molar-refractivity contribution in [2.45, 2.75) is 32.4 Å². The van der Waals surface area contributed by atoms with Gasteiger partial charge in [0.25, 0.3) is 11.8 Å². The Bertz CT molecular complexity index is 746. The molecule has 4 amide bonds.